The van der Waals surface area contributed by atoms with Crippen molar-refractivity contribution in [1.29, 1.82) is 0 Å². The van der Waals surface area contributed by atoms with Crippen LogP contribution in [0.25, 0.3) is 5.57 Å². The van der Waals surface area contributed by atoms with Crippen LogP contribution in [0.2, 0.25) is 0 Å². The Labute approximate surface area is 156 Å². The highest BCUT2D eigenvalue weighted by atomic mass is 32.2. The number of rotatable bonds is 4. The van der Waals surface area contributed by atoms with Crippen LogP contribution in [-0.4, -0.2) is 17.1 Å². The molecule has 2 aromatic carbocycles. The van der Waals surface area contributed by atoms with Gasteiger partial charge in [0.1, 0.15) is 5.82 Å². The standard InChI is InChI=1S/C21H20FNO2S/c1-12(2)26-19-18(15-5-7-16(22)8-6-15)20(24)23(21(19)25)17-10-13(3)9-14(4)11-17/h5-12H,1-4H3. The Balaban J connectivity index is 2.12. The van der Waals surface area contributed by atoms with E-state index in [-0.39, 0.29) is 22.9 Å². The Morgan fingerprint density at radius 1 is 0.923 bits per heavy atom. The number of imide groups is 1. The maximum Gasteiger partial charge on any atom is 0.272 e. The Morgan fingerprint density at radius 2 is 1.50 bits per heavy atom. The van der Waals surface area contributed by atoms with Crippen LogP contribution in [0.3, 0.4) is 0 Å². The zero-order chi connectivity index (χ0) is 19.0. The van der Waals surface area contributed by atoms with Crippen molar-refractivity contribution in [2.75, 3.05) is 4.90 Å². The first-order valence-electron chi connectivity index (χ1n) is 8.42. The van der Waals surface area contributed by atoms with E-state index >= 15 is 0 Å². The molecule has 3 nitrogen and oxygen atoms in total. The van der Waals surface area contributed by atoms with Crippen LogP contribution in [-0.2, 0) is 9.59 Å². The molecule has 0 radical (unpaired) electrons. The van der Waals surface area contributed by atoms with E-state index in [2.05, 4.69) is 0 Å². The molecule has 0 bridgehead atoms. The minimum absolute atomic E-state index is 0.136. The average molecular weight is 369 g/mol. The quantitative estimate of drug-likeness (QED) is 0.722. The van der Waals surface area contributed by atoms with Gasteiger partial charge in [0.25, 0.3) is 11.8 Å². The predicted octanol–water partition coefficient (Wildman–Crippen LogP) is 4.87. The summed E-state index contributed by atoms with van der Waals surface area (Å²) in [6, 6.07) is 11.3. The molecule has 5 heteroatoms. The lowest BCUT2D eigenvalue weighted by Gasteiger charge is -2.17. The summed E-state index contributed by atoms with van der Waals surface area (Å²) in [6.07, 6.45) is 0. The summed E-state index contributed by atoms with van der Waals surface area (Å²) in [7, 11) is 0. The molecule has 0 aromatic heterocycles. The maximum atomic E-state index is 13.3. The molecule has 26 heavy (non-hydrogen) atoms. The molecule has 2 amide bonds. The third-order valence-corrected chi connectivity index (χ3v) is 5.08. The molecule has 0 aliphatic carbocycles. The summed E-state index contributed by atoms with van der Waals surface area (Å²) in [4.78, 5) is 27.9. The van der Waals surface area contributed by atoms with Crippen LogP contribution in [0.1, 0.15) is 30.5 Å². The van der Waals surface area contributed by atoms with E-state index in [9.17, 15) is 14.0 Å². The van der Waals surface area contributed by atoms with Crippen molar-refractivity contribution in [1.82, 2.24) is 0 Å². The molecule has 0 fully saturated rings. The number of carbonyl (C=O) groups excluding carboxylic acids is 2. The van der Waals surface area contributed by atoms with Gasteiger partial charge in [-0.15, -0.1) is 11.8 Å². The number of amides is 2. The van der Waals surface area contributed by atoms with E-state index in [1.165, 1.54) is 28.8 Å². The van der Waals surface area contributed by atoms with Gasteiger partial charge in [-0.05, 0) is 54.8 Å². The van der Waals surface area contributed by atoms with E-state index in [1.54, 1.807) is 12.1 Å². The number of hydrogen-bond donors (Lipinski definition) is 0. The highest BCUT2D eigenvalue weighted by Gasteiger charge is 2.40. The molecule has 0 saturated heterocycles. The van der Waals surface area contributed by atoms with E-state index in [4.69, 9.17) is 0 Å². The fraction of sp³-hybridized carbons (Fsp3) is 0.238. The zero-order valence-corrected chi connectivity index (χ0v) is 16.0. The second kappa shape index (κ2) is 7.08. The summed E-state index contributed by atoms with van der Waals surface area (Å²) in [5.41, 5.74) is 3.42. The second-order valence-corrected chi connectivity index (χ2v) is 8.26. The first kappa shape index (κ1) is 18.4. The van der Waals surface area contributed by atoms with Crippen LogP contribution < -0.4 is 4.90 Å². The first-order valence-corrected chi connectivity index (χ1v) is 9.30. The van der Waals surface area contributed by atoms with Crippen LogP contribution in [0.5, 0.6) is 0 Å². The van der Waals surface area contributed by atoms with Crippen molar-refractivity contribution in [3.05, 3.63) is 69.9 Å². The highest BCUT2D eigenvalue weighted by Crippen LogP contribution is 2.40. The molecule has 0 N–H and O–H groups in total. The minimum atomic E-state index is -0.379. The minimum Gasteiger partial charge on any atom is -0.268 e. The van der Waals surface area contributed by atoms with Crippen molar-refractivity contribution in [2.45, 2.75) is 32.9 Å². The largest absolute Gasteiger partial charge is 0.272 e. The summed E-state index contributed by atoms with van der Waals surface area (Å²) < 4.78 is 13.3. The lowest BCUT2D eigenvalue weighted by atomic mass is 10.1. The number of hydrogen-bond acceptors (Lipinski definition) is 3. The molecule has 0 unspecified atom stereocenters. The topological polar surface area (TPSA) is 37.4 Å². The molecule has 0 atom stereocenters. The summed E-state index contributed by atoms with van der Waals surface area (Å²) in [5, 5.41) is 0.136. The van der Waals surface area contributed by atoms with Gasteiger partial charge in [-0.2, -0.15) is 0 Å². The number of nitrogens with zero attached hydrogens (tertiary/aromatic N) is 1. The zero-order valence-electron chi connectivity index (χ0n) is 15.2. The molecule has 1 aliphatic rings. The molecule has 0 spiro atoms. The number of benzene rings is 2. The van der Waals surface area contributed by atoms with Crippen LogP contribution in [0.4, 0.5) is 10.1 Å². The number of aryl methyl sites for hydroxylation is 2. The van der Waals surface area contributed by atoms with Crippen LogP contribution in [0, 0.1) is 19.7 Å². The predicted molar refractivity (Wildman–Crippen MR) is 104 cm³/mol. The number of carbonyl (C=O) groups is 2. The van der Waals surface area contributed by atoms with Gasteiger partial charge in [-0.1, -0.05) is 32.0 Å². The summed E-state index contributed by atoms with van der Waals surface area (Å²) >= 11 is 1.36. The lowest BCUT2D eigenvalue weighted by molar-refractivity contribution is -0.119. The van der Waals surface area contributed by atoms with E-state index in [1.807, 2.05) is 45.9 Å². The smallest absolute Gasteiger partial charge is 0.268 e. The van der Waals surface area contributed by atoms with E-state index in [0.717, 1.165) is 11.1 Å². The molecular formula is C21H20FNO2S. The number of anilines is 1. The first-order chi connectivity index (χ1) is 12.3. The fourth-order valence-electron chi connectivity index (χ4n) is 3.04. The molecule has 0 saturated carbocycles. The Hall–Kier alpha value is -2.40. The van der Waals surface area contributed by atoms with Gasteiger partial charge in [0.15, 0.2) is 0 Å². The summed E-state index contributed by atoms with van der Waals surface area (Å²) in [6.45, 7) is 7.80. The van der Waals surface area contributed by atoms with Crippen molar-refractivity contribution in [2.24, 2.45) is 0 Å². The van der Waals surface area contributed by atoms with Crippen molar-refractivity contribution in [3.63, 3.8) is 0 Å². The summed E-state index contributed by atoms with van der Waals surface area (Å²) in [5.74, 6) is -1.07. The maximum absolute atomic E-state index is 13.3. The molecule has 2 aromatic rings. The van der Waals surface area contributed by atoms with Crippen molar-refractivity contribution in [3.8, 4) is 0 Å². The highest BCUT2D eigenvalue weighted by molar-refractivity contribution is 8.04. The molecule has 1 heterocycles. The van der Waals surface area contributed by atoms with Crippen LogP contribution in [0.15, 0.2) is 47.4 Å². The van der Waals surface area contributed by atoms with Crippen LogP contribution >= 0.6 is 11.8 Å². The Morgan fingerprint density at radius 3 is 2.04 bits per heavy atom. The SMILES string of the molecule is Cc1cc(C)cc(N2C(=O)C(SC(C)C)=C(c3ccc(F)cc3)C2=O)c1. The Kier molecular flexibility index (Phi) is 5.01. The normalized spacial score (nSPS) is 14.8. The average Bonchev–Trinajstić information content (AvgIpc) is 2.77. The van der Waals surface area contributed by atoms with E-state index < -0.39 is 0 Å². The third-order valence-electron chi connectivity index (χ3n) is 3.99. The fourth-order valence-corrected chi connectivity index (χ4v) is 4.03. The number of thioether (sulfide) groups is 1. The molecular weight excluding hydrogens is 349 g/mol. The molecule has 1 aliphatic heterocycles. The van der Waals surface area contributed by atoms with Gasteiger partial charge in [0, 0.05) is 5.25 Å². The van der Waals surface area contributed by atoms with Crippen molar-refractivity contribution >= 4 is 34.8 Å². The van der Waals surface area contributed by atoms with Crippen molar-refractivity contribution < 1.29 is 14.0 Å². The van der Waals surface area contributed by atoms with Gasteiger partial charge in [-0.25, -0.2) is 9.29 Å². The monoisotopic (exact) mass is 369 g/mol. The number of halogens is 1. The molecule has 3 rings (SSSR count). The van der Waals surface area contributed by atoms with E-state index in [0.29, 0.717) is 21.7 Å². The Bertz CT molecular complexity index is 896. The van der Waals surface area contributed by atoms with Gasteiger partial charge < -0.3 is 0 Å². The lowest BCUT2D eigenvalue weighted by Crippen LogP contribution is -2.31. The molecule has 134 valence electrons. The second-order valence-electron chi connectivity index (χ2n) is 6.67. The third kappa shape index (κ3) is 3.44. The van der Waals surface area contributed by atoms with Gasteiger partial charge >= 0.3 is 0 Å². The van der Waals surface area contributed by atoms with Gasteiger partial charge in [0.05, 0.1) is 16.2 Å². The van der Waals surface area contributed by atoms with Gasteiger partial charge in [-0.3, -0.25) is 9.59 Å². The van der Waals surface area contributed by atoms with Gasteiger partial charge in [0.2, 0.25) is 0 Å².